The first-order valence-corrected chi connectivity index (χ1v) is 8.21. The second kappa shape index (κ2) is 10.2. The Morgan fingerprint density at radius 3 is 2.43 bits per heavy atom. The summed E-state index contributed by atoms with van der Waals surface area (Å²) in [7, 11) is 0. The molecular weight excluding hydrogens is 262 g/mol. The summed E-state index contributed by atoms with van der Waals surface area (Å²) in [5, 5.41) is 2.97. The highest BCUT2D eigenvalue weighted by Crippen LogP contribution is 2.15. The molecule has 1 heterocycles. The summed E-state index contributed by atoms with van der Waals surface area (Å²) in [6.07, 6.45) is 9.02. The largest absolute Gasteiger partial charge is 0.370 e. The number of nitrogens with zero attached hydrogens (tertiary/aromatic N) is 2. The van der Waals surface area contributed by atoms with Crippen molar-refractivity contribution in [2.24, 2.45) is 0 Å². The van der Waals surface area contributed by atoms with E-state index in [1.807, 2.05) is 12.3 Å². The molecule has 0 radical (unpaired) electrons. The highest BCUT2D eigenvalue weighted by molar-refractivity contribution is 5.94. The Bertz CT molecular complexity index is 414. The smallest absolute Gasteiger partial charge is 0.252 e. The van der Waals surface area contributed by atoms with Crippen LogP contribution in [0.25, 0.3) is 0 Å². The second-order valence-electron chi connectivity index (χ2n) is 5.38. The molecule has 1 amide bonds. The number of carbonyl (C=O) groups excluding carboxylic acids is 1. The second-order valence-corrected chi connectivity index (χ2v) is 5.38. The maximum atomic E-state index is 12.1. The number of amides is 1. The van der Waals surface area contributed by atoms with Crippen molar-refractivity contribution in [2.75, 3.05) is 24.5 Å². The number of rotatable bonds is 10. The molecule has 118 valence electrons. The molecule has 1 rings (SSSR count). The minimum absolute atomic E-state index is 0.0200. The van der Waals surface area contributed by atoms with Crippen molar-refractivity contribution in [3.05, 3.63) is 24.0 Å². The van der Waals surface area contributed by atoms with Gasteiger partial charge in [0.2, 0.25) is 0 Å². The zero-order chi connectivity index (χ0) is 15.5. The summed E-state index contributed by atoms with van der Waals surface area (Å²) in [5.41, 5.74) is 1.70. The van der Waals surface area contributed by atoms with Crippen molar-refractivity contribution in [1.29, 1.82) is 0 Å². The van der Waals surface area contributed by atoms with Gasteiger partial charge in [-0.25, -0.2) is 0 Å². The van der Waals surface area contributed by atoms with Gasteiger partial charge >= 0.3 is 0 Å². The molecule has 1 N–H and O–H groups in total. The lowest BCUT2D eigenvalue weighted by molar-refractivity contribution is 0.0952. The number of hydrogen-bond donors (Lipinski definition) is 1. The molecule has 0 spiro atoms. The third kappa shape index (κ3) is 6.15. The molecule has 21 heavy (non-hydrogen) atoms. The summed E-state index contributed by atoms with van der Waals surface area (Å²) in [4.78, 5) is 18.7. The molecule has 0 aliphatic heterocycles. The zero-order valence-electron chi connectivity index (χ0n) is 13.7. The first kappa shape index (κ1) is 17.5. The van der Waals surface area contributed by atoms with Gasteiger partial charge in [0.25, 0.3) is 5.91 Å². The summed E-state index contributed by atoms with van der Waals surface area (Å²) in [6, 6.07) is 1.95. The lowest BCUT2D eigenvalue weighted by Crippen LogP contribution is -2.27. The van der Waals surface area contributed by atoms with Gasteiger partial charge in [-0.05, 0) is 25.3 Å². The molecule has 0 bridgehead atoms. The fourth-order valence-corrected chi connectivity index (χ4v) is 2.31. The Balaban J connectivity index is 2.67. The molecule has 0 saturated heterocycles. The lowest BCUT2D eigenvalue weighted by Gasteiger charge is -2.23. The molecular formula is C17H29N3O. The maximum Gasteiger partial charge on any atom is 0.252 e. The first-order chi connectivity index (χ1) is 10.2. The standard InChI is InChI=1S/C17H29N3O/c1-4-7-8-9-19-17(21)15-12-16(14-18-13-15)20(10-5-2)11-6-3/h12-14H,4-11H2,1-3H3,(H,19,21). The molecule has 0 atom stereocenters. The average Bonchev–Trinajstić information content (AvgIpc) is 2.51. The Labute approximate surface area is 129 Å². The van der Waals surface area contributed by atoms with Gasteiger partial charge in [0.15, 0.2) is 0 Å². The maximum absolute atomic E-state index is 12.1. The van der Waals surface area contributed by atoms with Crippen LogP contribution in [0.15, 0.2) is 18.5 Å². The molecule has 4 heteroatoms. The van der Waals surface area contributed by atoms with Crippen molar-refractivity contribution < 1.29 is 4.79 Å². The number of aromatic nitrogens is 1. The molecule has 0 saturated carbocycles. The zero-order valence-corrected chi connectivity index (χ0v) is 13.7. The minimum atomic E-state index is -0.0200. The first-order valence-electron chi connectivity index (χ1n) is 8.21. The molecule has 4 nitrogen and oxygen atoms in total. The Kier molecular flexibility index (Phi) is 8.48. The van der Waals surface area contributed by atoms with Crippen LogP contribution in [0.4, 0.5) is 5.69 Å². The number of carbonyl (C=O) groups is 1. The van der Waals surface area contributed by atoms with E-state index in [4.69, 9.17) is 0 Å². The van der Waals surface area contributed by atoms with Crippen LogP contribution >= 0.6 is 0 Å². The van der Waals surface area contributed by atoms with E-state index in [0.29, 0.717) is 5.56 Å². The van der Waals surface area contributed by atoms with E-state index in [1.165, 1.54) is 0 Å². The van der Waals surface area contributed by atoms with Crippen molar-refractivity contribution in [3.8, 4) is 0 Å². The van der Waals surface area contributed by atoms with Gasteiger partial charge < -0.3 is 10.2 Å². The molecule has 0 aromatic carbocycles. The quantitative estimate of drug-likeness (QED) is 0.670. The van der Waals surface area contributed by atoms with Gasteiger partial charge in [-0.1, -0.05) is 33.6 Å². The fourth-order valence-electron chi connectivity index (χ4n) is 2.31. The average molecular weight is 291 g/mol. The van der Waals surface area contributed by atoms with E-state index in [-0.39, 0.29) is 5.91 Å². The summed E-state index contributed by atoms with van der Waals surface area (Å²) >= 11 is 0. The normalized spacial score (nSPS) is 10.4. The van der Waals surface area contributed by atoms with Crippen LogP contribution in [-0.4, -0.2) is 30.5 Å². The third-order valence-corrected chi connectivity index (χ3v) is 3.40. The fraction of sp³-hybridized carbons (Fsp3) is 0.647. The van der Waals surface area contributed by atoms with Crippen molar-refractivity contribution >= 4 is 11.6 Å². The predicted molar refractivity (Wildman–Crippen MR) is 88.9 cm³/mol. The van der Waals surface area contributed by atoms with Crippen LogP contribution in [0, 0.1) is 0 Å². The van der Waals surface area contributed by atoms with Gasteiger partial charge in [-0.15, -0.1) is 0 Å². The van der Waals surface area contributed by atoms with E-state index in [9.17, 15) is 4.79 Å². The van der Waals surface area contributed by atoms with Crippen LogP contribution in [0.3, 0.4) is 0 Å². The van der Waals surface area contributed by atoms with Crippen LogP contribution in [0.5, 0.6) is 0 Å². The van der Waals surface area contributed by atoms with E-state index in [2.05, 4.69) is 36.0 Å². The third-order valence-electron chi connectivity index (χ3n) is 3.40. The summed E-state index contributed by atoms with van der Waals surface area (Å²) in [5.74, 6) is -0.0200. The number of anilines is 1. The van der Waals surface area contributed by atoms with Crippen LogP contribution in [-0.2, 0) is 0 Å². The lowest BCUT2D eigenvalue weighted by atomic mass is 10.2. The van der Waals surface area contributed by atoms with Gasteiger partial charge in [-0.2, -0.15) is 0 Å². The van der Waals surface area contributed by atoms with Crippen molar-refractivity contribution in [3.63, 3.8) is 0 Å². The number of nitrogens with one attached hydrogen (secondary N) is 1. The molecule has 0 unspecified atom stereocenters. The van der Waals surface area contributed by atoms with Crippen LogP contribution in [0.2, 0.25) is 0 Å². The Hall–Kier alpha value is -1.58. The van der Waals surface area contributed by atoms with Gasteiger partial charge in [0.1, 0.15) is 0 Å². The van der Waals surface area contributed by atoms with E-state index in [1.54, 1.807) is 6.20 Å². The Morgan fingerprint density at radius 2 is 1.81 bits per heavy atom. The summed E-state index contributed by atoms with van der Waals surface area (Å²) < 4.78 is 0. The molecule has 0 fully saturated rings. The van der Waals surface area contributed by atoms with Crippen molar-refractivity contribution in [2.45, 2.75) is 52.9 Å². The minimum Gasteiger partial charge on any atom is -0.370 e. The SMILES string of the molecule is CCCCCNC(=O)c1cncc(N(CCC)CCC)c1. The van der Waals surface area contributed by atoms with Crippen LogP contribution in [0.1, 0.15) is 63.2 Å². The van der Waals surface area contributed by atoms with Crippen LogP contribution < -0.4 is 10.2 Å². The predicted octanol–water partition coefficient (Wildman–Crippen LogP) is 3.63. The van der Waals surface area contributed by atoms with Gasteiger partial charge in [0.05, 0.1) is 17.4 Å². The molecule has 0 aliphatic carbocycles. The Morgan fingerprint density at radius 1 is 1.10 bits per heavy atom. The highest BCUT2D eigenvalue weighted by Gasteiger charge is 2.10. The van der Waals surface area contributed by atoms with Crippen molar-refractivity contribution in [1.82, 2.24) is 10.3 Å². The molecule has 0 aliphatic rings. The topological polar surface area (TPSA) is 45.2 Å². The number of unbranched alkanes of at least 4 members (excludes halogenated alkanes) is 2. The molecule has 1 aromatic rings. The van der Waals surface area contributed by atoms with Gasteiger partial charge in [0, 0.05) is 25.8 Å². The van der Waals surface area contributed by atoms with E-state index >= 15 is 0 Å². The molecule has 1 aromatic heterocycles. The highest BCUT2D eigenvalue weighted by atomic mass is 16.1. The summed E-state index contributed by atoms with van der Waals surface area (Å²) in [6.45, 7) is 9.23. The van der Waals surface area contributed by atoms with Gasteiger partial charge in [-0.3, -0.25) is 9.78 Å². The number of pyridine rings is 1. The number of hydrogen-bond acceptors (Lipinski definition) is 3. The van der Waals surface area contributed by atoms with E-state index in [0.717, 1.165) is 57.4 Å². The monoisotopic (exact) mass is 291 g/mol. The van der Waals surface area contributed by atoms with E-state index < -0.39 is 0 Å².